The molecule has 0 saturated carbocycles. The molecule has 0 spiro atoms. The van der Waals surface area contributed by atoms with Crippen molar-refractivity contribution in [2.24, 2.45) is 0 Å². The zero-order chi connectivity index (χ0) is 14.8. The number of unbranched alkanes of at least 4 members (excludes halogenated alkanes) is 2. The van der Waals surface area contributed by atoms with E-state index in [1.54, 1.807) is 6.07 Å². The summed E-state index contributed by atoms with van der Waals surface area (Å²) in [5.74, 6) is -0.131. The monoisotopic (exact) mass is 276 g/mol. The van der Waals surface area contributed by atoms with Crippen molar-refractivity contribution in [1.29, 1.82) is 0 Å². The highest BCUT2D eigenvalue weighted by molar-refractivity contribution is 5.95. The molecule has 0 fully saturated rings. The van der Waals surface area contributed by atoms with Gasteiger partial charge in [-0.05, 0) is 25.0 Å². The van der Waals surface area contributed by atoms with Crippen molar-refractivity contribution < 1.29 is 9.59 Å². The van der Waals surface area contributed by atoms with E-state index < -0.39 is 0 Å². The van der Waals surface area contributed by atoms with E-state index in [1.807, 2.05) is 25.1 Å². The third kappa shape index (κ3) is 5.87. The molecule has 0 aromatic heterocycles. The molecule has 4 heteroatoms. The van der Waals surface area contributed by atoms with Crippen LogP contribution in [0.15, 0.2) is 24.3 Å². The molecule has 0 unspecified atom stereocenters. The van der Waals surface area contributed by atoms with Gasteiger partial charge in [0.05, 0.1) is 0 Å². The molecule has 0 aliphatic rings. The summed E-state index contributed by atoms with van der Waals surface area (Å²) in [4.78, 5) is 23.4. The Bertz CT molecular complexity index is 444. The van der Waals surface area contributed by atoms with E-state index in [-0.39, 0.29) is 11.8 Å². The highest BCUT2D eigenvalue weighted by Crippen LogP contribution is 2.06. The van der Waals surface area contributed by atoms with Crippen LogP contribution in [0, 0.1) is 6.92 Å². The number of amides is 2. The highest BCUT2D eigenvalue weighted by Gasteiger charge is 2.08. The van der Waals surface area contributed by atoms with Crippen LogP contribution >= 0.6 is 0 Å². The molecular formula is C16H24N2O2. The number of hydrogen-bond acceptors (Lipinski definition) is 2. The molecule has 1 rings (SSSR count). The van der Waals surface area contributed by atoms with E-state index in [0.717, 1.165) is 31.4 Å². The number of carbonyl (C=O) groups excluding carboxylic acids is 2. The van der Waals surface area contributed by atoms with Gasteiger partial charge in [0.25, 0.3) is 5.91 Å². The first kappa shape index (κ1) is 16.2. The van der Waals surface area contributed by atoms with Crippen LogP contribution in [0.25, 0.3) is 0 Å². The first-order valence-electron chi connectivity index (χ1n) is 7.25. The van der Waals surface area contributed by atoms with Crippen LogP contribution in [-0.4, -0.2) is 24.9 Å². The normalized spacial score (nSPS) is 10.1. The van der Waals surface area contributed by atoms with Gasteiger partial charge in [-0.2, -0.15) is 0 Å². The third-order valence-corrected chi connectivity index (χ3v) is 3.13. The Morgan fingerprint density at radius 3 is 2.50 bits per heavy atom. The van der Waals surface area contributed by atoms with Gasteiger partial charge in [0.2, 0.25) is 5.91 Å². The summed E-state index contributed by atoms with van der Waals surface area (Å²) in [6.45, 7) is 5.11. The molecule has 0 radical (unpaired) electrons. The van der Waals surface area contributed by atoms with Gasteiger partial charge in [-0.15, -0.1) is 0 Å². The van der Waals surface area contributed by atoms with Crippen molar-refractivity contribution in [3.05, 3.63) is 35.4 Å². The van der Waals surface area contributed by atoms with E-state index in [4.69, 9.17) is 0 Å². The number of nitrogens with one attached hydrogen (secondary N) is 2. The maximum absolute atomic E-state index is 11.9. The van der Waals surface area contributed by atoms with Gasteiger partial charge in [-0.3, -0.25) is 9.59 Å². The van der Waals surface area contributed by atoms with Crippen LogP contribution in [0.4, 0.5) is 0 Å². The van der Waals surface area contributed by atoms with Gasteiger partial charge in [0.15, 0.2) is 0 Å². The minimum absolute atomic E-state index is 0.00816. The van der Waals surface area contributed by atoms with Gasteiger partial charge in [0.1, 0.15) is 0 Å². The van der Waals surface area contributed by atoms with E-state index in [1.165, 1.54) is 0 Å². The average Bonchev–Trinajstić information content (AvgIpc) is 2.44. The molecule has 4 nitrogen and oxygen atoms in total. The lowest BCUT2D eigenvalue weighted by Crippen LogP contribution is -2.31. The summed E-state index contributed by atoms with van der Waals surface area (Å²) in [6, 6.07) is 7.42. The molecule has 1 aromatic carbocycles. The van der Waals surface area contributed by atoms with E-state index in [0.29, 0.717) is 18.5 Å². The maximum atomic E-state index is 11.9. The number of aryl methyl sites for hydroxylation is 1. The molecule has 0 atom stereocenters. The summed E-state index contributed by atoms with van der Waals surface area (Å²) < 4.78 is 0. The fourth-order valence-electron chi connectivity index (χ4n) is 1.90. The van der Waals surface area contributed by atoms with Gasteiger partial charge < -0.3 is 10.6 Å². The topological polar surface area (TPSA) is 58.2 Å². The van der Waals surface area contributed by atoms with E-state index >= 15 is 0 Å². The SMILES string of the molecule is CCCCCNC(=O)CCNC(=O)c1ccccc1C. The molecule has 0 bridgehead atoms. The standard InChI is InChI=1S/C16H24N2O2/c1-3-4-7-11-17-15(19)10-12-18-16(20)14-9-6-5-8-13(14)2/h5-6,8-9H,3-4,7,10-12H2,1-2H3,(H,17,19)(H,18,20). The number of rotatable bonds is 8. The number of carbonyl (C=O) groups is 2. The highest BCUT2D eigenvalue weighted by atomic mass is 16.2. The first-order chi connectivity index (χ1) is 9.65. The molecule has 20 heavy (non-hydrogen) atoms. The molecule has 110 valence electrons. The second-order valence-electron chi connectivity index (χ2n) is 4.88. The molecule has 0 aliphatic heterocycles. The average molecular weight is 276 g/mol. The predicted molar refractivity (Wildman–Crippen MR) is 80.7 cm³/mol. The summed E-state index contributed by atoms with van der Waals surface area (Å²) in [5.41, 5.74) is 1.60. The van der Waals surface area contributed by atoms with Crippen LogP contribution in [-0.2, 0) is 4.79 Å². The van der Waals surface area contributed by atoms with Gasteiger partial charge in [-0.1, -0.05) is 38.0 Å². The maximum Gasteiger partial charge on any atom is 0.251 e. The zero-order valence-corrected chi connectivity index (χ0v) is 12.4. The quantitative estimate of drug-likeness (QED) is 0.716. The van der Waals surface area contributed by atoms with Crippen LogP contribution < -0.4 is 10.6 Å². The van der Waals surface area contributed by atoms with Crippen molar-refractivity contribution in [3.63, 3.8) is 0 Å². The smallest absolute Gasteiger partial charge is 0.251 e. The minimum atomic E-state index is -0.123. The van der Waals surface area contributed by atoms with Crippen LogP contribution in [0.2, 0.25) is 0 Å². The summed E-state index contributed by atoms with van der Waals surface area (Å²) in [7, 11) is 0. The minimum Gasteiger partial charge on any atom is -0.356 e. The Morgan fingerprint density at radius 1 is 1.05 bits per heavy atom. The lowest BCUT2D eigenvalue weighted by atomic mass is 10.1. The second-order valence-corrected chi connectivity index (χ2v) is 4.88. The van der Waals surface area contributed by atoms with Crippen molar-refractivity contribution in [2.45, 2.75) is 39.5 Å². The lowest BCUT2D eigenvalue weighted by molar-refractivity contribution is -0.120. The Kier molecular flexibility index (Phi) is 7.40. The predicted octanol–water partition coefficient (Wildman–Crippen LogP) is 2.42. The summed E-state index contributed by atoms with van der Waals surface area (Å²) >= 11 is 0. The fourth-order valence-corrected chi connectivity index (χ4v) is 1.90. The molecule has 2 amide bonds. The summed E-state index contributed by atoms with van der Waals surface area (Å²) in [5, 5.41) is 5.62. The Labute approximate surface area is 121 Å². The van der Waals surface area contributed by atoms with Gasteiger partial charge in [-0.25, -0.2) is 0 Å². The lowest BCUT2D eigenvalue weighted by Gasteiger charge is -2.08. The van der Waals surface area contributed by atoms with E-state index in [9.17, 15) is 9.59 Å². The number of benzene rings is 1. The van der Waals surface area contributed by atoms with Crippen LogP contribution in [0.3, 0.4) is 0 Å². The second kappa shape index (κ2) is 9.13. The Balaban J connectivity index is 2.22. The third-order valence-electron chi connectivity index (χ3n) is 3.13. The fraction of sp³-hybridized carbons (Fsp3) is 0.500. The largest absolute Gasteiger partial charge is 0.356 e. The first-order valence-corrected chi connectivity index (χ1v) is 7.25. The van der Waals surface area contributed by atoms with Crippen LogP contribution in [0.1, 0.15) is 48.5 Å². The van der Waals surface area contributed by atoms with Crippen LogP contribution in [0.5, 0.6) is 0 Å². The Morgan fingerprint density at radius 2 is 1.80 bits per heavy atom. The zero-order valence-electron chi connectivity index (χ0n) is 12.4. The molecule has 2 N–H and O–H groups in total. The van der Waals surface area contributed by atoms with Crippen molar-refractivity contribution in [2.75, 3.05) is 13.1 Å². The number of hydrogen-bond donors (Lipinski definition) is 2. The van der Waals surface area contributed by atoms with Gasteiger partial charge >= 0.3 is 0 Å². The Hall–Kier alpha value is -1.84. The summed E-state index contributed by atoms with van der Waals surface area (Å²) in [6.07, 6.45) is 3.61. The van der Waals surface area contributed by atoms with Gasteiger partial charge in [0, 0.05) is 25.1 Å². The van der Waals surface area contributed by atoms with Crippen molar-refractivity contribution in [1.82, 2.24) is 10.6 Å². The van der Waals surface area contributed by atoms with Crippen molar-refractivity contribution in [3.8, 4) is 0 Å². The van der Waals surface area contributed by atoms with Crippen molar-refractivity contribution >= 4 is 11.8 Å². The molecule has 0 aliphatic carbocycles. The molecule has 1 aromatic rings. The van der Waals surface area contributed by atoms with E-state index in [2.05, 4.69) is 17.6 Å². The molecular weight excluding hydrogens is 252 g/mol. The molecule has 0 heterocycles. The molecule has 0 saturated heterocycles.